The van der Waals surface area contributed by atoms with Gasteiger partial charge >= 0.3 is 5.97 Å². The van der Waals surface area contributed by atoms with Gasteiger partial charge in [-0.3, -0.25) is 0 Å². The molecule has 0 radical (unpaired) electrons. The van der Waals surface area contributed by atoms with Crippen LogP contribution in [0.1, 0.15) is 35.0 Å². The van der Waals surface area contributed by atoms with Crippen LogP contribution in [0.4, 0.5) is 10.3 Å². The van der Waals surface area contributed by atoms with Crippen LogP contribution in [-0.4, -0.2) is 48.7 Å². The van der Waals surface area contributed by atoms with E-state index in [1.807, 2.05) is 0 Å². The van der Waals surface area contributed by atoms with Crippen LogP contribution >= 0.6 is 15.9 Å². The number of halogens is 2. The fraction of sp³-hybridized carbons (Fsp3) is 0.400. The third kappa shape index (κ3) is 5.28. The molecule has 0 spiro atoms. The summed E-state index contributed by atoms with van der Waals surface area (Å²) < 4.78 is 23.9. The number of benzene rings is 1. The number of nitrogens with two attached hydrogens (primary N) is 1. The first-order valence-corrected chi connectivity index (χ1v) is 10.3. The molecule has 3 rings (SSSR count). The molecule has 31 heavy (non-hydrogen) atoms. The van der Waals surface area contributed by atoms with Gasteiger partial charge in [0.25, 0.3) is 0 Å². The number of methoxy groups -OCH3 is 2. The molecular weight excluding hydrogens is 473 g/mol. The molecule has 2 heterocycles. The fourth-order valence-electron chi connectivity index (χ4n) is 3.37. The Kier molecular flexibility index (Phi) is 7.39. The van der Waals surface area contributed by atoms with Crippen LogP contribution in [0.3, 0.4) is 0 Å². The predicted octanol–water partition coefficient (Wildman–Crippen LogP) is 2.41. The summed E-state index contributed by atoms with van der Waals surface area (Å²) in [6, 6.07) is 4.23. The fourth-order valence-corrected chi connectivity index (χ4v) is 4.00. The van der Waals surface area contributed by atoms with Crippen LogP contribution in [0.5, 0.6) is 0 Å². The monoisotopic (exact) mass is 495 g/mol. The van der Waals surface area contributed by atoms with Crippen LogP contribution in [0.15, 0.2) is 27.8 Å². The third-order valence-electron chi connectivity index (χ3n) is 4.84. The van der Waals surface area contributed by atoms with Crippen molar-refractivity contribution >= 4 is 33.7 Å². The smallest absolute Gasteiger partial charge is 0.335 e. The van der Waals surface area contributed by atoms with Crippen LogP contribution in [0, 0.1) is 12.7 Å². The third-order valence-corrected chi connectivity index (χ3v) is 5.53. The largest absolute Gasteiger partial charge is 0.467 e. The number of anilines is 1. The molecule has 3 N–H and O–H groups in total. The average molecular weight is 496 g/mol. The molecule has 2 atom stereocenters. The molecule has 1 aromatic carbocycles. The second-order valence-electron chi connectivity index (χ2n) is 6.87. The number of aromatic nitrogens is 2. The van der Waals surface area contributed by atoms with Gasteiger partial charge < -0.3 is 25.4 Å². The van der Waals surface area contributed by atoms with Gasteiger partial charge in [0.15, 0.2) is 11.9 Å². The average Bonchev–Trinajstić information content (AvgIpc) is 2.72. The minimum absolute atomic E-state index is 0.119. The van der Waals surface area contributed by atoms with Crippen molar-refractivity contribution in [2.45, 2.75) is 31.9 Å². The topological polar surface area (TPSA) is 121 Å². The first-order valence-electron chi connectivity index (χ1n) is 9.49. The molecule has 0 aliphatic carbocycles. The van der Waals surface area contributed by atoms with Gasteiger partial charge in [0.2, 0.25) is 5.95 Å². The molecule has 0 fully saturated rings. The molecule has 1 aliphatic rings. The van der Waals surface area contributed by atoms with Gasteiger partial charge in [-0.2, -0.15) is 0 Å². The highest BCUT2D eigenvalue weighted by molar-refractivity contribution is 9.10. The number of nitrogen functional groups attached to an aromatic ring is 1. The Bertz CT molecular complexity index is 1000. The number of hydrogen-bond acceptors (Lipinski definition) is 8. The molecule has 11 heteroatoms. The lowest BCUT2D eigenvalue weighted by molar-refractivity contribution is -0.153. The number of oxime groups is 1. The van der Waals surface area contributed by atoms with E-state index in [9.17, 15) is 9.18 Å². The number of amidine groups is 1. The van der Waals surface area contributed by atoms with Crippen molar-refractivity contribution in [3.63, 3.8) is 0 Å². The standard InChI is InChI=1S/C20H23BrFN5O4/c1-10-17-15(26-20(23)24-10)9-14(12-5-4-11(22)8-13(12)21)25-18(17)27-31-7-6-16(29-2)19(28)30-3/h4-5,8,14,16H,6-7,9H2,1-3H3,(H,25,27)(H2,23,24,26)/t14-,16?/m1/s1. The van der Waals surface area contributed by atoms with E-state index >= 15 is 0 Å². The summed E-state index contributed by atoms with van der Waals surface area (Å²) in [5, 5.41) is 7.53. The lowest BCUT2D eigenvalue weighted by Gasteiger charge is -2.29. The van der Waals surface area contributed by atoms with E-state index in [-0.39, 0.29) is 30.8 Å². The van der Waals surface area contributed by atoms with E-state index in [2.05, 4.69) is 41.1 Å². The summed E-state index contributed by atoms with van der Waals surface area (Å²) in [4.78, 5) is 25.7. The molecular formula is C20H23BrFN5O4. The van der Waals surface area contributed by atoms with E-state index in [1.54, 1.807) is 13.0 Å². The Morgan fingerprint density at radius 3 is 2.87 bits per heavy atom. The molecule has 0 saturated carbocycles. The Balaban J connectivity index is 1.85. The van der Waals surface area contributed by atoms with Gasteiger partial charge in [0, 0.05) is 24.4 Å². The molecule has 1 aromatic heterocycles. The summed E-state index contributed by atoms with van der Waals surface area (Å²) in [7, 11) is 2.71. The quantitative estimate of drug-likeness (QED) is 0.341. The number of carbonyl (C=O) groups excluding carboxylic acids is 1. The lowest BCUT2D eigenvalue weighted by Crippen LogP contribution is -2.38. The van der Waals surface area contributed by atoms with Crippen molar-refractivity contribution in [3.8, 4) is 0 Å². The zero-order chi connectivity index (χ0) is 22.5. The van der Waals surface area contributed by atoms with E-state index < -0.39 is 12.1 Å². The maximum Gasteiger partial charge on any atom is 0.335 e. The first kappa shape index (κ1) is 22.9. The lowest BCUT2D eigenvalue weighted by atomic mass is 9.94. The highest BCUT2D eigenvalue weighted by Crippen LogP contribution is 2.31. The van der Waals surface area contributed by atoms with E-state index in [0.717, 1.165) is 5.56 Å². The number of fused-ring (bicyclic) bond motifs is 1. The van der Waals surface area contributed by atoms with Crippen LogP contribution in [0.2, 0.25) is 0 Å². The van der Waals surface area contributed by atoms with Crippen LogP contribution < -0.4 is 11.1 Å². The Labute approximate surface area is 187 Å². The summed E-state index contributed by atoms with van der Waals surface area (Å²) in [5.41, 5.74) is 8.73. The van der Waals surface area contributed by atoms with Crippen molar-refractivity contribution in [1.29, 1.82) is 0 Å². The number of esters is 1. The summed E-state index contributed by atoms with van der Waals surface area (Å²) in [6.07, 6.45) is 0.0154. The maximum atomic E-state index is 13.5. The van der Waals surface area contributed by atoms with E-state index in [0.29, 0.717) is 33.7 Å². The highest BCUT2D eigenvalue weighted by atomic mass is 79.9. The molecule has 2 aromatic rings. The minimum Gasteiger partial charge on any atom is -0.467 e. The van der Waals surface area contributed by atoms with Gasteiger partial charge in [-0.25, -0.2) is 19.2 Å². The summed E-state index contributed by atoms with van der Waals surface area (Å²) in [5.74, 6) is -0.242. The van der Waals surface area contributed by atoms with E-state index in [1.165, 1.54) is 26.4 Å². The zero-order valence-electron chi connectivity index (χ0n) is 17.3. The van der Waals surface area contributed by atoms with Crippen LogP contribution in [0.25, 0.3) is 0 Å². The molecule has 0 amide bonds. The number of carbonyl (C=O) groups is 1. The highest BCUT2D eigenvalue weighted by Gasteiger charge is 2.29. The van der Waals surface area contributed by atoms with Gasteiger partial charge in [0.1, 0.15) is 12.4 Å². The van der Waals surface area contributed by atoms with Crippen molar-refractivity contribution in [3.05, 3.63) is 51.0 Å². The summed E-state index contributed by atoms with van der Waals surface area (Å²) >= 11 is 3.41. The van der Waals surface area contributed by atoms with Gasteiger partial charge in [0.05, 0.1) is 30.1 Å². The predicted molar refractivity (Wildman–Crippen MR) is 115 cm³/mol. The SMILES string of the molecule is COC(=O)C(CCO/N=C1\N[C@@H](c2ccc(F)cc2Br)Cc2nc(N)nc(C)c21)OC. The number of hydrogen-bond donors (Lipinski definition) is 2. The molecule has 0 bridgehead atoms. The van der Waals surface area contributed by atoms with Gasteiger partial charge in [-0.05, 0) is 24.6 Å². The van der Waals surface area contributed by atoms with Crippen molar-refractivity contribution < 1.29 is 23.5 Å². The molecule has 166 valence electrons. The Morgan fingerprint density at radius 2 is 2.19 bits per heavy atom. The zero-order valence-corrected chi connectivity index (χ0v) is 18.9. The second-order valence-corrected chi connectivity index (χ2v) is 7.72. The van der Waals surface area contributed by atoms with Crippen molar-refractivity contribution in [1.82, 2.24) is 15.3 Å². The minimum atomic E-state index is -0.746. The van der Waals surface area contributed by atoms with Gasteiger partial charge in [-0.1, -0.05) is 27.2 Å². The normalized spacial score (nSPS) is 17.6. The van der Waals surface area contributed by atoms with Crippen LogP contribution in [-0.2, 0) is 25.5 Å². The Morgan fingerprint density at radius 1 is 1.42 bits per heavy atom. The maximum absolute atomic E-state index is 13.5. The molecule has 9 nitrogen and oxygen atoms in total. The number of nitrogens with zero attached hydrogens (tertiary/aromatic N) is 3. The molecule has 0 saturated heterocycles. The number of rotatable bonds is 7. The van der Waals surface area contributed by atoms with E-state index in [4.69, 9.17) is 15.3 Å². The summed E-state index contributed by atoms with van der Waals surface area (Å²) in [6.45, 7) is 1.92. The van der Waals surface area contributed by atoms with Crippen molar-refractivity contribution in [2.24, 2.45) is 5.16 Å². The van der Waals surface area contributed by atoms with Gasteiger partial charge in [-0.15, -0.1) is 0 Å². The Hall–Kier alpha value is -2.79. The molecule has 1 unspecified atom stereocenters. The van der Waals surface area contributed by atoms with Crippen molar-refractivity contribution in [2.75, 3.05) is 26.6 Å². The first-order chi connectivity index (χ1) is 14.8. The number of nitrogens with one attached hydrogen (secondary N) is 1. The second kappa shape index (κ2) is 10.0. The number of aryl methyl sites for hydroxylation is 1. The molecule has 1 aliphatic heterocycles. The number of ether oxygens (including phenoxy) is 2.